The highest BCUT2D eigenvalue weighted by Gasteiger charge is 2.20. The molecule has 0 spiro atoms. The molecule has 1 unspecified atom stereocenters. The van der Waals surface area contributed by atoms with E-state index in [4.69, 9.17) is 10.7 Å². The van der Waals surface area contributed by atoms with Crippen LogP contribution in [0.15, 0.2) is 82.7 Å². The van der Waals surface area contributed by atoms with Gasteiger partial charge >= 0.3 is 0 Å². The Bertz CT molecular complexity index is 1880. The number of anilines is 1. The molecule has 4 heterocycles. The smallest absolute Gasteiger partial charge is 0.267 e. The minimum absolute atomic E-state index is 0.190. The minimum Gasteiger partial charge on any atom is -0.382 e. The largest absolute Gasteiger partial charge is 0.382 e. The summed E-state index contributed by atoms with van der Waals surface area (Å²) in [5.74, 6) is 7.14. The predicted molar refractivity (Wildman–Crippen MR) is 148 cm³/mol. The van der Waals surface area contributed by atoms with Crippen molar-refractivity contribution < 1.29 is 0 Å². The van der Waals surface area contributed by atoms with E-state index in [0.29, 0.717) is 46.0 Å². The molecule has 2 aromatic carbocycles. The van der Waals surface area contributed by atoms with E-state index in [1.807, 2.05) is 60.8 Å². The second kappa shape index (κ2) is 9.89. The van der Waals surface area contributed by atoms with Gasteiger partial charge in [0.15, 0.2) is 11.5 Å². The average molecular weight is 519 g/mol. The number of nitrogens with zero attached hydrogens (tertiary/aromatic N) is 6. The fourth-order valence-corrected chi connectivity index (χ4v) is 4.83. The van der Waals surface area contributed by atoms with Gasteiger partial charge in [-0.15, -0.1) is 16.4 Å². The van der Waals surface area contributed by atoms with E-state index in [0.717, 1.165) is 11.3 Å². The first-order valence-corrected chi connectivity index (χ1v) is 12.9. The molecule has 0 aliphatic heterocycles. The van der Waals surface area contributed by atoms with Crippen LogP contribution in [0.1, 0.15) is 35.6 Å². The van der Waals surface area contributed by atoms with Gasteiger partial charge in [0.2, 0.25) is 0 Å². The Labute approximate surface area is 221 Å². The van der Waals surface area contributed by atoms with Gasteiger partial charge in [-0.3, -0.25) is 9.36 Å². The molecule has 4 aromatic heterocycles. The summed E-state index contributed by atoms with van der Waals surface area (Å²) >= 11 is 1.48. The first-order chi connectivity index (χ1) is 18.6. The molecule has 0 saturated heterocycles. The quantitative estimate of drug-likeness (QED) is 0.334. The van der Waals surface area contributed by atoms with Crippen molar-refractivity contribution in [2.45, 2.75) is 19.5 Å². The highest BCUT2D eigenvalue weighted by molar-refractivity contribution is 7.07. The highest BCUT2D eigenvalue weighted by Crippen LogP contribution is 2.22. The number of nitrogens with one attached hydrogen (secondary N) is 1. The van der Waals surface area contributed by atoms with Gasteiger partial charge in [0.25, 0.3) is 5.56 Å². The van der Waals surface area contributed by atoms with E-state index in [1.54, 1.807) is 33.1 Å². The predicted octanol–water partition coefficient (Wildman–Crippen LogP) is 3.72. The summed E-state index contributed by atoms with van der Waals surface area (Å²) in [7, 11) is 0. The SMILES string of the molecule is CC(NCc1c(N)nn2cccnc12)c1nc2cccc(C#Cc3cscn3)c2c(=O)n1-c1ccccc1. The van der Waals surface area contributed by atoms with Gasteiger partial charge in [0.1, 0.15) is 11.5 Å². The molecular formula is C28H22N8OS. The number of para-hydroxylation sites is 1. The molecule has 0 amide bonds. The third-order valence-electron chi connectivity index (χ3n) is 6.19. The molecule has 6 aromatic rings. The van der Waals surface area contributed by atoms with Crippen LogP contribution in [0.5, 0.6) is 0 Å². The number of nitrogen functional groups attached to an aromatic ring is 1. The van der Waals surface area contributed by atoms with Gasteiger partial charge in [-0.05, 0) is 43.2 Å². The van der Waals surface area contributed by atoms with Crippen LogP contribution in [0, 0.1) is 11.8 Å². The van der Waals surface area contributed by atoms with Crippen molar-refractivity contribution in [3.05, 3.63) is 111 Å². The third-order valence-corrected chi connectivity index (χ3v) is 6.78. The van der Waals surface area contributed by atoms with Crippen molar-refractivity contribution in [2.24, 2.45) is 0 Å². The first kappa shape index (κ1) is 23.5. The summed E-state index contributed by atoms with van der Waals surface area (Å²) in [5.41, 5.74) is 11.8. The molecule has 0 aliphatic rings. The molecule has 10 heteroatoms. The van der Waals surface area contributed by atoms with Crippen LogP contribution < -0.4 is 16.6 Å². The number of benzene rings is 2. The molecule has 3 N–H and O–H groups in total. The van der Waals surface area contributed by atoms with Crippen molar-refractivity contribution in [2.75, 3.05) is 5.73 Å². The Morgan fingerprint density at radius 3 is 2.76 bits per heavy atom. The Balaban J connectivity index is 1.45. The van der Waals surface area contributed by atoms with Gasteiger partial charge in [0, 0.05) is 29.9 Å². The zero-order valence-electron chi connectivity index (χ0n) is 20.4. The molecule has 0 saturated carbocycles. The number of hydrogen-bond donors (Lipinski definition) is 2. The number of hydrogen-bond acceptors (Lipinski definition) is 8. The van der Waals surface area contributed by atoms with Crippen LogP contribution in [0.3, 0.4) is 0 Å². The maximum atomic E-state index is 14.1. The number of rotatable bonds is 5. The second-order valence-electron chi connectivity index (χ2n) is 8.62. The molecule has 0 radical (unpaired) electrons. The Kier molecular flexibility index (Phi) is 6.13. The van der Waals surface area contributed by atoms with Crippen molar-refractivity contribution in [3.63, 3.8) is 0 Å². The fraction of sp³-hybridized carbons (Fsp3) is 0.107. The zero-order valence-corrected chi connectivity index (χ0v) is 21.2. The minimum atomic E-state index is -0.310. The summed E-state index contributed by atoms with van der Waals surface area (Å²) in [6.07, 6.45) is 3.51. The van der Waals surface area contributed by atoms with Crippen molar-refractivity contribution in [1.29, 1.82) is 0 Å². The normalized spacial score (nSPS) is 11.9. The topological polar surface area (TPSA) is 116 Å². The van der Waals surface area contributed by atoms with Crippen LogP contribution in [-0.4, -0.2) is 29.1 Å². The van der Waals surface area contributed by atoms with E-state index < -0.39 is 0 Å². The summed E-state index contributed by atoms with van der Waals surface area (Å²) in [5, 5.41) is 10.1. The molecule has 0 fully saturated rings. The van der Waals surface area contributed by atoms with E-state index in [-0.39, 0.29) is 11.6 Å². The number of thiazole rings is 1. The first-order valence-electron chi connectivity index (χ1n) is 11.9. The lowest BCUT2D eigenvalue weighted by Crippen LogP contribution is -2.30. The van der Waals surface area contributed by atoms with Crippen LogP contribution >= 0.6 is 11.3 Å². The standard InChI is InChI=1S/C28H22N8OS/c1-18(31-15-22-25(29)34-35-14-6-13-30-27(22)35)26-33-23-10-5-7-19(11-12-20-16-38-17-32-20)24(23)28(37)36(26)21-8-3-2-4-9-21/h2-10,13-14,16-18,31H,15H2,1H3,(H2,29,34). The molecule has 186 valence electrons. The van der Waals surface area contributed by atoms with Gasteiger partial charge in [0.05, 0.1) is 33.7 Å². The molecule has 0 aliphatic carbocycles. The lowest BCUT2D eigenvalue weighted by molar-refractivity contribution is 0.534. The summed E-state index contributed by atoms with van der Waals surface area (Å²) in [6.45, 7) is 2.36. The molecular weight excluding hydrogens is 496 g/mol. The summed E-state index contributed by atoms with van der Waals surface area (Å²) in [4.78, 5) is 27.7. The maximum Gasteiger partial charge on any atom is 0.267 e. The lowest BCUT2D eigenvalue weighted by atomic mass is 10.1. The summed E-state index contributed by atoms with van der Waals surface area (Å²) in [6, 6.07) is 16.5. The molecule has 0 bridgehead atoms. The monoisotopic (exact) mass is 518 g/mol. The van der Waals surface area contributed by atoms with Gasteiger partial charge in [-0.25, -0.2) is 19.5 Å². The Morgan fingerprint density at radius 2 is 1.95 bits per heavy atom. The number of nitrogens with two attached hydrogens (primary N) is 1. The molecule has 9 nitrogen and oxygen atoms in total. The van der Waals surface area contributed by atoms with Gasteiger partial charge < -0.3 is 11.1 Å². The zero-order chi connectivity index (χ0) is 26.1. The van der Waals surface area contributed by atoms with E-state index in [2.05, 4.69) is 32.2 Å². The van der Waals surface area contributed by atoms with E-state index in [9.17, 15) is 4.79 Å². The molecule has 1 atom stereocenters. The summed E-state index contributed by atoms with van der Waals surface area (Å²) < 4.78 is 3.30. The number of fused-ring (bicyclic) bond motifs is 2. The second-order valence-corrected chi connectivity index (χ2v) is 9.34. The molecule has 6 rings (SSSR count). The van der Waals surface area contributed by atoms with Gasteiger partial charge in [-0.1, -0.05) is 30.2 Å². The molecule has 38 heavy (non-hydrogen) atoms. The van der Waals surface area contributed by atoms with Crippen molar-refractivity contribution in [3.8, 4) is 17.5 Å². The third kappa shape index (κ3) is 4.30. The van der Waals surface area contributed by atoms with Crippen LogP contribution in [0.4, 0.5) is 5.82 Å². The van der Waals surface area contributed by atoms with Crippen LogP contribution in [-0.2, 0) is 6.54 Å². The van der Waals surface area contributed by atoms with E-state index in [1.165, 1.54) is 11.3 Å². The van der Waals surface area contributed by atoms with E-state index >= 15 is 0 Å². The van der Waals surface area contributed by atoms with Crippen LogP contribution in [0.25, 0.3) is 22.2 Å². The number of aromatic nitrogens is 6. The van der Waals surface area contributed by atoms with Crippen LogP contribution in [0.2, 0.25) is 0 Å². The van der Waals surface area contributed by atoms with Crippen molar-refractivity contribution in [1.82, 2.24) is 34.4 Å². The van der Waals surface area contributed by atoms with Crippen molar-refractivity contribution >= 4 is 33.7 Å². The Hall–Kier alpha value is -4.85. The highest BCUT2D eigenvalue weighted by atomic mass is 32.1. The average Bonchev–Trinajstić information content (AvgIpc) is 3.58. The Morgan fingerprint density at radius 1 is 1.08 bits per heavy atom. The fourth-order valence-electron chi connectivity index (χ4n) is 4.34. The lowest BCUT2D eigenvalue weighted by Gasteiger charge is -2.20. The maximum absolute atomic E-state index is 14.1. The van der Waals surface area contributed by atoms with Gasteiger partial charge in [-0.2, -0.15) is 0 Å².